The number of benzene rings is 1. The van der Waals surface area contributed by atoms with Crippen LogP contribution in [-0.2, 0) is 0 Å². The maximum Gasteiger partial charge on any atom is 0.321 e. The summed E-state index contributed by atoms with van der Waals surface area (Å²) in [5.41, 5.74) is 1.65. The van der Waals surface area contributed by atoms with Crippen molar-refractivity contribution in [1.29, 1.82) is 0 Å². The van der Waals surface area contributed by atoms with Crippen LogP contribution in [0, 0.1) is 11.8 Å². The molecule has 7 heteroatoms. The molecule has 1 aromatic carbocycles. The topological polar surface area (TPSA) is 74.6 Å². The minimum absolute atomic E-state index is 0.0823. The molecule has 3 rings (SSSR count). The lowest BCUT2D eigenvalue weighted by Gasteiger charge is -2.13. The Hall–Kier alpha value is -2.72. The Bertz CT molecular complexity index is 818. The van der Waals surface area contributed by atoms with Gasteiger partial charge in [-0.15, -0.1) is 0 Å². The highest BCUT2D eigenvalue weighted by molar-refractivity contribution is 9.10. The van der Waals surface area contributed by atoms with Gasteiger partial charge in [0.05, 0.1) is 6.54 Å². The van der Waals surface area contributed by atoms with Crippen molar-refractivity contribution in [2.24, 2.45) is 0 Å². The van der Waals surface area contributed by atoms with Crippen LogP contribution in [0.2, 0.25) is 0 Å². The number of hydrogen-bond acceptors (Lipinski definition) is 3. The van der Waals surface area contributed by atoms with E-state index in [-0.39, 0.29) is 24.2 Å². The molecule has 0 aliphatic carbocycles. The lowest BCUT2D eigenvalue weighted by molar-refractivity contribution is 0.0930. The molecule has 0 unspecified atom stereocenters. The number of hydrogen-bond donors (Lipinski definition) is 2. The fourth-order valence-electron chi connectivity index (χ4n) is 2.24. The van der Waals surface area contributed by atoms with Gasteiger partial charge in [-0.1, -0.05) is 11.8 Å². The molecular weight excluding hydrogens is 374 g/mol. The summed E-state index contributed by atoms with van der Waals surface area (Å²) in [6.07, 6.45) is 0. The van der Waals surface area contributed by atoms with Gasteiger partial charge in [0.15, 0.2) is 10.4 Å². The number of anilines is 1. The maximum atomic E-state index is 11.8. The lowest BCUT2D eigenvalue weighted by Crippen LogP contribution is -2.27. The van der Waals surface area contributed by atoms with Gasteiger partial charge in [0.1, 0.15) is 0 Å². The Morgan fingerprint density at radius 3 is 2.71 bits per heavy atom. The van der Waals surface area contributed by atoms with E-state index in [9.17, 15) is 9.59 Å². The lowest BCUT2D eigenvalue weighted by atomic mass is 10.2. The number of urea groups is 1. The van der Waals surface area contributed by atoms with E-state index < -0.39 is 0 Å². The molecular formula is C17H14BrN3O3. The highest BCUT2D eigenvalue weighted by atomic mass is 79.9. The molecule has 122 valence electrons. The Morgan fingerprint density at radius 1 is 1.29 bits per heavy atom. The second kappa shape index (κ2) is 7.23. The maximum absolute atomic E-state index is 11.8. The summed E-state index contributed by atoms with van der Waals surface area (Å²) in [5, 5.41) is 5.41. The van der Waals surface area contributed by atoms with Crippen LogP contribution >= 0.6 is 15.9 Å². The van der Waals surface area contributed by atoms with E-state index in [1.165, 1.54) is 0 Å². The second-order valence-electron chi connectivity index (χ2n) is 5.02. The summed E-state index contributed by atoms with van der Waals surface area (Å²) in [6.45, 7) is 1.54. The smallest absolute Gasteiger partial charge is 0.321 e. The Morgan fingerprint density at radius 2 is 2.08 bits per heavy atom. The standard InChI is InChI=1S/C17H14BrN3O3/c18-15-8-7-14(24-15)16(22)19-9-1-2-12-3-5-13(6-4-12)21-11-10-20-17(21)23/h3-8H,9-11H2,(H,19,22)(H,20,23). The van der Waals surface area contributed by atoms with Crippen molar-refractivity contribution in [3.8, 4) is 11.8 Å². The van der Waals surface area contributed by atoms with Gasteiger partial charge in [-0.2, -0.15) is 0 Å². The molecule has 1 aliphatic heterocycles. The summed E-state index contributed by atoms with van der Waals surface area (Å²) in [6, 6.07) is 10.6. The van der Waals surface area contributed by atoms with Gasteiger partial charge in [0.2, 0.25) is 0 Å². The van der Waals surface area contributed by atoms with Gasteiger partial charge in [-0.25, -0.2) is 4.79 Å². The van der Waals surface area contributed by atoms with E-state index >= 15 is 0 Å². The van der Waals surface area contributed by atoms with Gasteiger partial charge in [-0.3, -0.25) is 9.69 Å². The van der Waals surface area contributed by atoms with E-state index in [0.717, 1.165) is 11.3 Å². The van der Waals surface area contributed by atoms with E-state index in [2.05, 4.69) is 38.4 Å². The number of carbonyl (C=O) groups excluding carboxylic acids is 2. The van der Waals surface area contributed by atoms with E-state index in [0.29, 0.717) is 17.8 Å². The first-order chi connectivity index (χ1) is 11.6. The third-order valence-electron chi connectivity index (χ3n) is 3.40. The summed E-state index contributed by atoms with van der Waals surface area (Å²) < 4.78 is 5.66. The van der Waals surface area contributed by atoms with Gasteiger partial charge < -0.3 is 15.1 Å². The van der Waals surface area contributed by atoms with Crippen LogP contribution in [0.5, 0.6) is 0 Å². The highest BCUT2D eigenvalue weighted by Crippen LogP contribution is 2.17. The van der Waals surface area contributed by atoms with E-state index in [4.69, 9.17) is 4.42 Å². The van der Waals surface area contributed by atoms with Crippen molar-refractivity contribution >= 4 is 33.6 Å². The number of halogens is 1. The molecule has 0 radical (unpaired) electrons. The Kier molecular flexibility index (Phi) is 4.87. The van der Waals surface area contributed by atoms with Crippen molar-refractivity contribution in [3.63, 3.8) is 0 Å². The molecule has 0 saturated carbocycles. The molecule has 2 aromatic rings. The largest absolute Gasteiger partial charge is 0.444 e. The molecule has 1 saturated heterocycles. The van der Waals surface area contributed by atoms with E-state index in [1.807, 2.05) is 24.3 Å². The Balaban J connectivity index is 1.54. The molecule has 0 atom stereocenters. The zero-order valence-electron chi connectivity index (χ0n) is 12.6. The first-order valence-corrected chi connectivity index (χ1v) is 8.10. The molecule has 0 spiro atoms. The third-order valence-corrected chi connectivity index (χ3v) is 3.83. The normalized spacial score (nSPS) is 13.2. The van der Waals surface area contributed by atoms with Gasteiger partial charge >= 0.3 is 6.03 Å². The summed E-state index contributed by atoms with van der Waals surface area (Å²) in [5.74, 6) is 5.76. The molecule has 1 aromatic heterocycles. The van der Waals surface area contributed by atoms with Crippen LogP contribution in [0.15, 0.2) is 45.5 Å². The molecule has 0 bridgehead atoms. The fraction of sp³-hybridized carbons (Fsp3) is 0.176. The van der Waals surface area contributed by atoms with Crippen LogP contribution in [0.4, 0.5) is 10.5 Å². The molecule has 6 nitrogen and oxygen atoms in total. The van der Waals surface area contributed by atoms with Crippen molar-refractivity contribution < 1.29 is 14.0 Å². The van der Waals surface area contributed by atoms with Crippen LogP contribution in [0.25, 0.3) is 0 Å². The van der Waals surface area contributed by atoms with Gasteiger partial charge in [-0.05, 0) is 52.3 Å². The summed E-state index contributed by atoms with van der Waals surface area (Å²) in [7, 11) is 0. The van der Waals surface area contributed by atoms with Gasteiger partial charge in [0.25, 0.3) is 5.91 Å². The first kappa shape index (κ1) is 16.1. The number of carbonyl (C=O) groups is 2. The zero-order chi connectivity index (χ0) is 16.9. The zero-order valence-corrected chi connectivity index (χ0v) is 14.2. The molecule has 3 amide bonds. The minimum Gasteiger partial charge on any atom is -0.444 e. The summed E-state index contributed by atoms with van der Waals surface area (Å²) >= 11 is 3.14. The van der Waals surface area contributed by atoms with Crippen LogP contribution in [-0.4, -0.2) is 31.6 Å². The number of amides is 3. The average molecular weight is 388 g/mol. The highest BCUT2D eigenvalue weighted by Gasteiger charge is 2.20. The fourth-order valence-corrected chi connectivity index (χ4v) is 2.54. The Labute approximate surface area is 147 Å². The number of nitrogens with zero attached hydrogens (tertiary/aromatic N) is 1. The van der Waals surface area contributed by atoms with Crippen LogP contribution < -0.4 is 15.5 Å². The number of rotatable bonds is 3. The van der Waals surface area contributed by atoms with Crippen molar-refractivity contribution in [3.05, 3.63) is 52.4 Å². The number of nitrogens with one attached hydrogen (secondary N) is 2. The minimum atomic E-state index is -0.314. The molecule has 2 heterocycles. The van der Waals surface area contributed by atoms with Crippen LogP contribution in [0.1, 0.15) is 16.1 Å². The average Bonchev–Trinajstić information content (AvgIpc) is 3.20. The monoisotopic (exact) mass is 387 g/mol. The first-order valence-electron chi connectivity index (χ1n) is 7.31. The molecule has 2 N–H and O–H groups in total. The molecule has 24 heavy (non-hydrogen) atoms. The third kappa shape index (κ3) is 3.78. The second-order valence-corrected chi connectivity index (χ2v) is 5.80. The summed E-state index contributed by atoms with van der Waals surface area (Å²) in [4.78, 5) is 25.0. The van der Waals surface area contributed by atoms with E-state index in [1.54, 1.807) is 17.0 Å². The predicted octanol–water partition coefficient (Wildman–Crippen LogP) is 2.35. The predicted molar refractivity (Wildman–Crippen MR) is 92.8 cm³/mol. The van der Waals surface area contributed by atoms with Gasteiger partial charge in [0, 0.05) is 24.3 Å². The van der Waals surface area contributed by atoms with Crippen molar-refractivity contribution in [1.82, 2.24) is 10.6 Å². The van der Waals surface area contributed by atoms with Crippen molar-refractivity contribution in [2.45, 2.75) is 0 Å². The molecule has 1 fully saturated rings. The quantitative estimate of drug-likeness (QED) is 0.793. The molecule has 1 aliphatic rings. The SMILES string of the molecule is O=C(NCC#Cc1ccc(N2CCNC2=O)cc1)c1ccc(Br)o1. The number of furan rings is 1. The van der Waals surface area contributed by atoms with Crippen LogP contribution in [0.3, 0.4) is 0 Å². The van der Waals surface area contributed by atoms with Crippen molar-refractivity contribution in [2.75, 3.05) is 24.5 Å².